The summed E-state index contributed by atoms with van der Waals surface area (Å²) in [5.41, 5.74) is 1.74. The Bertz CT molecular complexity index is 535. The van der Waals surface area contributed by atoms with Gasteiger partial charge < -0.3 is 5.32 Å². The van der Waals surface area contributed by atoms with Crippen molar-refractivity contribution in [3.63, 3.8) is 0 Å². The van der Waals surface area contributed by atoms with E-state index >= 15 is 0 Å². The summed E-state index contributed by atoms with van der Waals surface area (Å²) in [5, 5.41) is 6.53. The van der Waals surface area contributed by atoms with Gasteiger partial charge in [-0.2, -0.15) is 0 Å². The van der Waals surface area contributed by atoms with E-state index in [4.69, 9.17) is 0 Å². The molecule has 1 unspecified atom stereocenters. The molecular weight excluding hydrogens is 282 g/mol. The number of hydrogen-bond acceptors (Lipinski definition) is 3. The second kappa shape index (κ2) is 5.92. The third kappa shape index (κ3) is 3.11. The van der Waals surface area contributed by atoms with Crippen LogP contribution in [0.5, 0.6) is 0 Å². The predicted octanol–water partition coefficient (Wildman–Crippen LogP) is 4.33. The molecule has 106 valence electrons. The number of benzene rings is 1. The molecule has 1 aromatic carbocycles. The van der Waals surface area contributed by atoms with Crippen LogP contribution in [0.25, 0.3) is 0 Å². The highest BCUT2D eigenvalue weighted by molar-refractivity contribution is 8.00. The van der Waals surface area contributed by atoms with E-state index in [0.29, 0.717) is 5.25 Å². The highest BCUT2D eigenvalue weighted by Gasteiger charge is 2.24. The van der Waals surface area contributed by atoms with E-state index in [0.717, 1.165) is 13.1 Å². The number of hydrogen-bond donors (Lipinski definition) is 1. The van der Waals surface area contributed by atoms with Crippen LogP contribution in [-0.4, -0.2) is 18.3 Å². The Labute approximate surface area is 129 Å². The van der Waals surface area contributed by atoms with Gasteiger partial charge in [-0.05, 0) is 29.5 Å². The molecule has 2 heterocycles. The standard InChI is InChI=1S/C17H21NS2/c1-17(2,16-8-5-9-19-16)12-18-11-14-10-13-6-3-4-7-15(13)20-14/h3-9,14,18H,10-12H2,1-2H3. The molecule has 0 amide bonds. The van der Waals surface area contributed by atoms with Gasteiger partial charge >= 0.3 is 0 Å². The van der Waals surface area contributed by atoms with Crippen LogP contribution in [0.1, 0.15) is 24.3 Å². The van der Waals surface area contributed by atoms with Crippen LogP contribution < -0.4 is 5.32 Å². The Balaban J connectivity index is 1.50. The van der Waals surface area contributed by atoms with Crippen molar-refractivity contribution in [3.05, 3.63) is 52.2 Å². The van der Waals surface area contributed by atoms with Crippen LogP contribution in [-0.2, 0) is 11.8 Å². The van der Waals surface area contributed by atoms with Crippen molar-refractivity contribution < 1.29 is 0 Å². The van der Waals surface area contributed by atoms with E-state index in [1.54, 1.807) is 0 Å². The van der Waals surface area contributed by atoms with Gasteiger partial charge in [-0.3, -0.25) is 0 Å². The second-order valence-electron chi connectivity index (χ2n) is 6.04. The van der Waals surface area contributed by atoms with Gasteiger partial charge in [0.05, 0.1) is 0 Å². The zero-order chi connectivity index (χ0) is 14.0. The van der Waals surface area contributed by atoms with E-state index in [1.165, 1.54) is 21.8 Å². The summed E-state index contributed by atoms with van der Waals surface area (Å²) in [5.74, 6) is 0. The molecule has 1 aliphatic heterocycles. The largest absolute Gasteiger partial charge is 0.315 e. The second-order valence-corrected chi connectivity index (χ2v) is 8.33. The van der Waals surface area contributed by atoms with Gasteiger partial charge in [-0.25, -0.2) is 0 Å². The molecule has 1 atom stereocenters. The molecule has 2 aromatic rings. The summed E-state index contributed by atoms with van der Waals surface area (Å²) in [6.45, 7) is 6.78. The summed E-state index contributed by atoms with van der Waals surface area (Å²) in [6.07, 6.45) is 1.20. The highest BCUT2D eigenvalue weighted by atomic mass is 32.2. The lowest BCUT2D eigenvalue weighted by Crippen LogP contribution is -2.35. The van der Waals surface area contributed by atoms with E-state index in [9.17, 15) is 0 Å². The normalized spacial score (nSPS) is 18.2. The summed E-state index contributed by atoms with van der Waals surface area (Å²) in [7, 11) is 0. The molecule has 1 nitrogen and oxygen atoms in total. The summed E-state index contributed by atoms with van der Waals surface area (Å²) in [4.78, 5) is 2.93. The highest BCUT2D eigenvalue weighted by Crippen LogP contribution is 2.36. The van der Waals surface area contributed by atoms with E-state index < -0.39 is 0 Å². The zero-order valence-electron chi connectivity index (χ0n) is 12.1. The maximum atomic E-state index is 3.68. The maximum absolute atomic E-state index is 3.68. The number of rotatable bonds is 5. The molecule has 3 heteroatoms. The number of thioether (sulfide) groups is 1. The fourth-order valence-electron chi connectivity index (χ4n) is 2.66. The van der Waals surface area contributed by atoms with Crippen LogP contribution >= 0.6 is 23.1 Å². The first-order chi connectivity index (χ1) is 9.65. The lowest BCUT2D eigenvalue weighted by atomic mass is 9.91. The monoisotopic (exact) mass is 303 g/mol. The molecule has 3 rings (SSSR count). The molecule has 1 aromatic heterocycles. The Morgan fingerprint density at radius 1 is 1.20 bits per heavy atom. The van der Waals surface area contributed by atoms with Gasteiger partial charge in [0.1, 0.15) is 0 Å². The molecule has 0 spiro atoms. The van der Waals surface area contributed by atoms with Crippen molar-refractivity contribution >= 4 is 23.1 Å². The van der Waals surface area contributed by atoms with Crippen molar-refractivity contribution in [1.82, 2.24) is 5.32 Å². The van der Waals surface area contributed by atoms with E-state index in [1.807, 2.05) is 23.1 Å². The van der Waals surface area contributed by atoms with Crippen molar-refractivity contribution in [2.24, 2.45) is 0 Å². The third-order valence-corrected chi connectivity index (χ3v) is 6.40. The average molecular weight is 303 g/mol. The minimum absolute atomic E-state index is 0.226. The molecule has 0 saturated heterocycles. The van der Waals surface area contributed by atoms with Crippen LogP contribution in [0.15, 0.2) is 46.7 Å². The lowest BCUT2D eigenvalue weighted by Gasteiger charge is -2.24. The molecule has 0 saturated carbocycles. The van der Waals surface area contributed by atoms with Gasteiger partial charge in [0.25, 0.3) is 0 Å². The van der Waals surface area contributed by atoms with Gasteiger partial charge in [-0.15, -0.1) is 23.1 Å². The Hall–Kier alpha value is -0.770. The zero-order valence-corrected chi connectivity index (χ0v) is 13.7. The molecule has 1 N–H and O–H groups in total. The first kappa shape index (κ1) is 14.2. The van der Waals surface area contributed by atoms with Gasteiger partial charge in [0.2, 0.25) is 0 Å². The fraction of sp³-hybridized carbons (Fsp3) is 0.412. The van der Waals surface area contributed by atoms with E-state index in [-0.39, 0.29) is 5.41 Å². The molecule has 1 aliphatic rings. The Kier molecular flexibility index (Phi) is 4.20. The van der Waals surface area contributed by atoms with Gasteiger partial charge in [0, 0.05) is 33.5 Å². The van der Waals surface area contributed by atoms with E-state index in [2.05, 4.69) is 60.9 Å². The summed E-state index contributed by atoms with van der Waals surface area (Å²) in [6, 6.07) is 13.2. The third-order valence-electron chi connectivity index (χ3n) is 3.84. The molecule has 0 aliphatic carbocycles. The number of fused-ring (bicyclic) bond motifs is 1. The minimum Gasteiger partial charge on any atom is -0.315 e. The van der Waals surface area contributed by atoms with Crippen molar-refractivity contribution in [2.45, 2.75) is 35.8 Å². The van der Waals surface area contributed by atoms with Crippen molar-refractivity contribution in [1.29, 1.82) is 0 Å². The summed E-state index contributed by atoms with van der Waals surface area (Å²) >= 11 is 3.88. The fourth-order valence-corrected chi connectivity index (χ4v) is 4.80. The first-order valence-electron chi connectivity index (χ1n) is 7.14. The smallest absolute Gasteiger partial charge is 0.0260 e. The Morgan fingerprint density at radius 2 is 2.05 bits per heavy atom. The van der Waals surface area contributed by atoms with Crippen LogP contribution in [0, 0.1) is 0 Å². The molecule has 0 fully saturated rings. The Morgan fingerprint density at radius 3 is 2.80 bits per heavy atom. The van der Waals surface area contributed by atoms with Gasteiger partial charge in [-0.1, -0.05) is 38.1 Å². The minimum atomic E-state index is 0.226. The lowest BCUT2D eigenvalue weighted by molar-refractivity contribution is 0.477. The van der Waals surface area contributed by atoms with Crippen LogP contribution in [0.4, 0.5) is 0 Å². The average Bonchev–Trinajstić information content (AvgIpc) is 3.07. The number of nitrogens with one attached hydrogen (secondary N) is 1. The SMILES string of the molecule is CC(C)(CNCC1Cc2ccccc2S1)c1cccs1. The summed E-state index contributed by atoms with van der Waals surface area (Å²) < 4.78 is 0. The topological polar surface area (TPSA) is 12.0 Å². The maximum Gasteiger partial charge on any atom is 0.0260 e. The molecule has 20 heavy (non-hydrogen) atoms. The van der Waals surface area contributed by atoms with Crippen LogP contribution in [0.2, 0.25) is 0 Å². The molecule has 0 bridgehead atoms. The molecular formula is C17H21NS2. The predicted molar refractivity (Wildman–Crippen MR) is 90.0 cm³/mol. The molecule has 0 radical (unpaired) electrons. The quantitative estimate of drug-likeness (QED) is 0.882. The van der Waals surface area contributed by atoms with Crippen molar-refractivity contribution in [3.8, 4) is 0 Å². The first-order valence-corrected chi connectivity index (χ1v) is 8.90. The van der Waals surface area contributed by atoms with Crippen molar-refractivity contribution in [2.75, 3.05) is 13.1 Å². The van der Waals surface area contributed by atoms with Crippen LogP contribution in [0.3, 0.4) is 0 Å². The van der Waals surface area contributed by atoms with Gasteiger partial charge in [0.15, 0.2) is 0 Å². The number of thiophene rings is 1.